The van der Waals surface area contributed by atoms with E-state index in [0.717, 1.165) is 11.8 Å². The van der Waals surface area contributed by atoms with E-state index in [1.54, 1.807) is 42.5 Å². The van der Waals surface area contributed by atoms with Gasteiger partial charge in [0.2, 0.25) is 11.8 Å². The molecule has 2 atom stereocenters. The molecule has 1 aliphatic heterocycles. The highest BCUT2D eigenvalue weighted by atomic mass is 35.5. The van der Waals surface area contributed by atoms with Crippen molar-refractivity contribution in [2.24, 2.45) is 5.92 Å². The minimum atomic E-state index is -1.31. The standard InChI is InChI=1S/C26H26ClN3O6S/c1-4-35-17-9-7-16(8-10-17)29-21(31)14-37-25-18(13-28)22(23(24(32)30-25)26(33)34-3)15-6-11-20(36-5-2)19(27)12-15/h6-12,22-23H,4-5,14H2,1-3H3,(H,29,31)(H,30,32)/t22-,23-/m1/s1. The normalized spacial score (nSPS) is 16.9. The fourth-order valence-corrected chi connectivity index (χ4v) is 4.89. The molecule has 0 unspecified atom stereocenters. The molecule has 0 saturated heterocycles. The summed E-state index contributed by atoms with van der Waals surface area (Å²) in [6.45, 7) is 4.63. The molecular weight excluding hydrogens is 518 g/mol. The molecule has 0 saturated carbocycles. The maximum absolute atomic E-state index is 13.0. The molecule has 1 heterocycles. The second-order valence-corrected chi connectivity index (χ2v) is 9.13. The van der Waals surface area contributed by atoms with Crippen LogP contribution in [0.15, 0.2) is 53.1 Å². The predicted octanol–water partition coefficient (Wildman–Crippen LogP) is 4.25. The lowest BCUT2D eigenvalue weighted by atomic mass is 9.78. The lowest BCUT2D eigenvalue weighted by Crippen LogP contribution is -2.44. The van der Waals surface area contributed by atoms with Gasteiger partial charge in [-0.1, -0.05) is 29.4 Å². The number of hydrogen-bond acceptors (Lipinski definition) is 8. The van der Waals surface area contributed by atoms with E-state index in [9.17, 15) is 19.6 Å². The predicted molar refractivity (Wildman–Crippen MR) is 140 cm³/mol. The first-order valence-electron chi connectivity index (χ1n) is 11.4. The molecule has 0 radical (unpaired) electrons. The highest BCUT2D eigenvalue weighted by Gasteiger charge is 2.44. The highest BCUT2D eigenvalue weighted by molar-refractivity contribution is 8.03. The molecule has 1 aliphatic rings. The summed E-state index contributed by atoms with van der Waals surface area (Å²) in [5, 5.41) is 15.8. The number of rotatable bonds is 10. The Morgan fingerprint density at radius 2 is 1.84 bits per heavy atom. The topological polar surface area (TPSA) is 127 Å². The third kappa shape index (κ3) is 6.76. The van der Waals surface area contributed by atoms with Gasteiger partial charge in [0.15, 0.2) is 0 Å². The SMILES string of the molecule is CCOc1ccc(NC(=O)CSC2=C(C#N)[C@@H](c3ccc(OCC)c(Cl)c3)[C@@H](C(=O)OC)C(=O)N2)cc1. The number of allylic oxidation sites excluding steroid dienone is 1. The first kappa shape index (κ1) is 27.9. The number of nitriles is 1. The van der Waals surface area contributed by atoms with Gasteiger partial charge in [0.1, 0.15) is 17.4 Å². The lowest BCUT2D eigenvalue weighted by Gasteiger charge is -2.31. The first-order chi connectivity index (χ1) is 17.8. The van der Waals surface area contributed by atoms with Gasteiger partial charge in [-0.15, -0.1) is 0 Å². The molecule has 2 aromatic rings. The van der Waals surface area contributed by atoms with Crippen molar-refractivity contribution >= 4 is 46.8 Å². The number of anilines is 1. The van der Waals surface area contributed by atoms with Gasteiger partial charge >= 0.3 is 5.97 Å². The Bertz CT molecular complexity index is 1240. The van der Waals surface area contributed by atoms with E-state index in [2.05, 4.69) is 16.7 Å². The van der Waals surface area contributed by atoms with Crippen molar-refractivity contribution in [2.45, 2.75) is 19.8 Å². The molecule has 9 nitrogen and oxygen atoms in total. The third-order valence-corrected chi connectivity index (χ3v) is 6.71. The minimum absolute atomic E-state index is 0.0896. The summed E-state index contributed by atoms with van der Waals surface area (Å²) in [5.74, 6) is -3.02. The number of methoxy groups -OCH3 is 1. The zero-order chi connectivity index (χ0) is 26.9. The largest absolute Gasteiger partial charge is 0.494 e. The van der Waals surface area contributed by atoms with E-state index in [4.69, 9.17) is 25.8 Å². The van der Waals surface area contributed by atoms with E-state index in [-0.39, 0.29) is 27.3 Å². The minimum Gasteiger partial charge on any atom is -0.494 e. The molecule has 2 aromatic carbocycles. The Kier molecular flexibility index (Phi) is 9.83. The third-order valence-electron chi connectivity index (χ3n) is 5.40. The van der Waals surface area contributed by atoms with E-state index in [1.165, 1.54) is 7.11 Å². The van der Waals surface area contributed by atoms with Gasteiger partial charge in [0.25, 0.3) is 0 Å². The Morgan fingerprint density at radius 1 is 1.14 bits per heavy atom. The number of halogens is 1. The average Bonchev–Trinajstić information content (AvgIpc) is 2.89. The van der Waals surface area contributed by atoms with Crippen LogP contribution >= 0.6 is 23.4 Å². The molecule has 37 heavy (non-hydrogen) atoms. The van der Waals surface area contributed by atoms with Crippen molar-refractivity contribution in [1.82, 2.24) is 5.32 Å². The number of nitrogens with one attached hydrogen (secondary N) is 2. The number of benzene rings is 2. The molecule has 2 amide bonds. The van der Waals surface area contributed by atoms with Gasteiger partial charge in [-0.3, -0.25) is 14.4 Å². The zero-order valence-electron chi connectivity index (χ0n) is 20.5. The van der Waals surface area contributed by atoms with Crippen LogP contribution in [-0.2, 0) is 19.1 Å². The van der Waals surface area contributed by atoms with Crippen molar-refractivity contribution in [2.75, 3.05) is 31.4 Å². The average molecular weight is 544 g/mol. The molecular formula is C26H26ClN3O6S. The summed E-state index contributed by atoms with van der Waals surface area (Å²) in [6.07, 6.45) is 0. The van der Waals surface area contributed by atoms with E-state index in [0.29, 0.717) is 36.0 Å². The second-order valence-electron chi connectivity index (χ2n) is 7.74. The second kappa shape index (κ2) is 13.0. The smallest absolute Gasteiger partial charge is 0.319 e. The van der Waals surface area contributed by atoms with E-state index in [1.807, 2.05) is 13.8 Å². The number of nitrogens with zero attached hydrogens (tertiary/aromatic N) is 1. The van der Waals surface area contributed by atoms with Crippen LogP contribution in [0, 0.1) is 17.2 Å². The summed E-state index contributed by atoms with van der Waals surface area (Å²) in [4.78, 5) is 38.1. The van der Waals surface area contributed by atoms with E-state index >= 15 is 0 Å². The molecule has 194 valence electrons. The van der Waals surface area contributed by atoms with Gasteiger partial charge < -0.3 is 24.8 Å². The van der Waals surface area contributed by atoms with Crippen molar-refractivity contribution < 1.29 is 28.6 Å². The van der Waals surface area contributed by atoms with Crippen LogP contribution in [0.4, 0.5) is 5.69 Å². The summed E-state index contributed by atoms with van der Waals surface area (Å²) >= 11 is 7.34. The van der Waals surface area contributed by atoms with Crippen molar-refractivity contribution in [3.63, 3.8) is 0 Å². The molecule has 3 rings (SSSR count). The van der Waals surface area contributed by atoms with Gasteiger partial charge in [-0.25, -0.2) is 0 Å². The van der Waals surface area contributed by atoms with Crippen LogP contribution < -0.4 is 20.1 Å². The molecule has 0 spiro atoms. The van der Waals surface area contributed by atoms with Crippen LogP contribution in [0.25, 0.3) is 0 Å². The summed E-state index contributed by atoms with van der Waals surface area (Å²) in [7, 11) is 1.17. The Hall–Kier alpha value is -3.68. The fraction of sp³-hybridized carbons (Fsp3) is 0.308. The van der Waals surface area contributed by atoms with E-state index < -0.39 is 23.7 Å². The van der Waals surface area contributed by atoms with Crippen molar-refractivity contribution in [3.05, 3.63) is 63.7 Å². The first-order valence-corrected chi connectivity index (χ1v) is 12.8. The highest BCUT2D eigenvalue weighted by Crippen LogP contribution is 2.42. The number of carbonyl (C=O) groups excluding carboxylic acids is 3. The maximum Gasteiger partial charge on any atom is 0.319 e. The number of ether oxygens (including phenoxy) is 3. The zero-order valence-corrected chi connectivity index (χ0v) is 22.1. The molecule has 0 aliphatic carbocycles. The Morgan fingerprint density at radius 3 is 2.43 bits per heavy atom. The Labute approximate surface area is 224 Å². The van der Waals surface area contributed by atoms with Gasteiger partial charge in [-0.2, -0.15) is 5.26 Å². The molecule has 11 heteroatoms. The number of amides is 2. The Balaban J connectivity index is 1.86. The molecule has 0 bridgehead atoms. The summed E-state index contributed by atoms with van der Waals surface area (Å²) < 4.78 is 15.7. The van der Waals surface area contributed by atoms with Crippen LogP contribution in [0.5, 0.6) is 11.5 Å². The molecule has 2 N–H and O–H groups in total. The van der Waals surface area contributed by atoms with Gasteiger partial charge in [0, 0.05) is 11.6 Å². The van der Waals surface area contributed by atoms with Crippen LogP contribution in [0.2, 0.25) is 5.02 Å². The molecule has 0 fully saturated rings. The van der Waals surface area contributed by atoms with Crippen molar-refractivity contribution in [1.29, 1.82) is 5.26 Å². The summed E-state index contributed by atoms with van der Waals surface area (Å²) in [6, 6.07) is 13.8. The number of thioether (sulfide) groups is 1. The monoisotopic (exact) mass is 543 g/mol. The van der Waals surface area contributed by atoms with Crippen molar-refractivity contribution in [3.8, 4) is 17.6 Å². The summed E-state index contributed by atoms with van der Waals surface area (Å²) in [5.41, 5.74) is 1.16. The quantitative estimate of drug-likeness (QED) is 0.336. The number of esters is 1. The van der Waals surface area contributed by atoms with Crippen LogP contribution in [-0.4, -0.2) is 43.9 Å². The van der Waals surface area contributed by atoms with Gasteiger partial charge in [-0.05, 0) is 55.8 Å². The number of carbonyl (C=O) groups is 3. The maximum atomic E-state index is 13.0. The van der Waals surface area contributed by atoms with Crippen LogP contribution in [0.1, 0.15) is 25.3 Å². The fourth-order valence-electron chi connectivity index (χ4n) is 3.80. The van der Waals surface area contributed by atoms with Crippen LogP contribution in [0.3, 0.4) is 0 Å². The molecule has 0 aromatic heterocycles. The van der Waals surface area contributed by atoms with Gasteiger partial charge in [0.05, 0.1) is 47.8 Å². The lowest BCUT2D eigenvalue weighted by molar-refractivity contribution is -0.150. The number of hydrogen-bond donors (Lipinski definition) is 2.